The molecule has 0 aliphatic rings. The molecule has 4 nitrogen and oxygen atoms in total. The number of benzene rings is 1. The van der Waals surface area contributed by atoms with Gasteiger partial charge in [0.15, 0.2) is 0 Å². The summed E-state index contributed by atoms with van der Waals surface area (Å²) in [5.41, 5.74) is 2.01. The molecule has 1 aromatic carbocycles. The van der Waals surface area contributed by atoms with Crippen LogP contribution in [0.2, 0.25) is 0 Å². The van der Waals surface area contributed by atoms with Gasteiger partial charge in [0, 0.05) is 36.0 Å². The Balaban J connectivity index is 1.87. The lowest BCUT2D eigenvalue weighted by atomic mass is 10.2. The lowest BCUT2D eigenvalue weighted by Gasteiger charge is -2.11. The fourth-order valence-corrected chi connectivity index (χ4v) is 2.14. The molecule has 0 fully saturated rings. The van der Waals surface area contributed by atoms with Crippen LogP contribution in [0.15, 0.2) is 55.0 Å². The zero-order valence-electron chi connectivity index (χ0n) is 11.9. The van der Waals surface area contributed by atoms with Crippen LogP contribution >= 0.6 is 0 Å². The number of nitrogens with one attached hydrogen (secondary N) is 1. The van der Waals surface area contributed by atoms with Crippen molar-refractivity contribution in [1.82, 2.24) is 15.3 Å². The molecule has 0 bridgehead atoms. The van der Waals surface area contributed by atoms with E-state index in [4.69, 9.17) is 4.74 Å². The summed E-state index contributed by atoms with van der Waals surface area (Å²) in [4.78, 5) is 8.49. The van der Waals surface area contributed by atoms with Crippen LogP contribution in [-0.4, -0.2) is 16.5 Å². The summed E-state index contributed by atoms with van der Waals surface area (Å²) < 4.78 is 5.97. The number of rotatable bonds is 5. The fraction of sp³-hybridized carbons (Fsp3) is 0.176. The quantitative estimate of drug-likeness (QED) is 0.776. The Bertz CT molecular complexity index is 743. The predicted octanol–water partition coefficient (Wildman–Crippen LogP) is 3.53. The number of pyridine rings is 2. The second-order valence-corrected chi connectivity index (χ2v) is 4.72. The van der Waals surface area contributed by atoms with Crippen LogP contribution in [0, 0.1) is 0 Å². The number of nitrogens with zero attached hydrogens (tertiary/aromatic N) is 2. The van der Waals surface area contributed by atoms with Crippen LogP contribution in [0.3, 0.4) is 0 Å². The maximum absolute atomic E-state index is 5.97. The highest BCUT2D eigenvalue weighted by Gasteiger charge is 2.05. The van der Waals surface area contributed by atoms with Crippen LogP contribution in [0.1, 0.15) is 12.5 Å². The molecule has 106 valence electrons. The average Bonchev–Trinajstić information content (AvgIpc) is 2.54. The summed E-state index contributed by atoms with van der Waals surface area (Å²) in [7, 11) is 0. The lowest BCUT2D eigenvalue weighted by Crippen LogP contribution is -2.12. The van der Waals surface area contributed by atoms with Crippen LogP contribution in [0.25, 0.3) is 10.9 Å². The standard InChI is InChI=1S/C17H17N3O/c1-2-18-11-14-7-9-19-12-17(14)21-15-6-5-13-4-3-8-20-16(13)10-15/h3-10,12,18H,2,11H2,1H3. The second-order valence-electron chi connectivity index (χ2n) is 4.72. The molecule has 3 rings (SSSR count). The SMILES string of the molecule is CCNCc1ccncc1Oc1ccc2cccnc2c1. The average molecular weight is 279 g/mol. The summed E-state index contributed by atoms with van der Waals surface area (Å²) in [6.07, 6.45) is 5.31. The molecule has 0 spiro atoms. The molecule has 0 radical (unpaired) electrons. The van der Waals surface area contributed by atoms with E-state index in [1.54, 1.807) is 18.6 Å². The molecule has 1 N–H and O–H groups in total. The van der Waals surface area contributed by atoms with Crippen molar-refractivity contribution in [2.24, 2.45) is 0 Å². The number of aromatic nitrogens is 2. The van der Waals surface area contributed by atoms with Gasteiger partial charge in [-0.15, -0.1) is 0 Å². The normalized spacial score (nSPS) is 10.7. The summed E-state index contributed by atoms with van der Waals surface area (Å²) in [6.45, 7) is 3.76. The fourth-order valence-electron chi connectivity index (χ4n) is 2.14. The van der Waals surface area contributed by atoms with E-state index in [2.05, 4.69) is 22.2 Å². The molecular formula is C17H17N3O. The number of ether oxygens (including phenoxy) is 1. The number of hydrogen-bond acceptors (Lipinski definition) is 4. The van der Waals surface area contributed by atoms with Gasteiger partial charge in [-0.25, -0.2) is 0 Å². The van der Waals surface area contributed by atoms with Crippen LogP contribution in [-0.2, 0) is 6.54 Å². The van der Waals surface area contributed by atoms with Gasteiger partial charge in [0.25, 0.3) is 0 Å². The summed E-state index contributed by atoms with van der Waals surface area (Å²) in [6, 6.07) is 11.8. The minimum absolute atomic E-state index is 0.764. The molecule has 3 aromatic rings. The van der Waals surface area contributed by atoms with Gasteiger partial charge in [0.05, 0.1) is 11.7 Å². The Morgan fingerprint density at radius 2 is 2.10 bits per heavy atom. The highest BCUT2D eigenvalue weighted by molar-refractivity contribution is 5.79. The lowest BCUT2D eigenvalue weighted by molar-refractivity contribution is 0.471. The van der Waals surface area contributed by atoms with Crippen LogP contribution in [0.5, 0.6) is 11.5 Å². The molecule has 0 unspecified atom stereocenters. The molecule has 4 heteroatoms. The Morgan fingerprint density at radius 3 is 3.00 bits per heavy atom. The zero-order chi connectivity index (χ0) is 14.5. The first kappa shape index (κ1) is 13.5. The van der Waals surface area contributed by atoms with Crippen LogP contribution in [0.4, 0.5) is 0 Å². The first-order chi connectivity index (χ1) is 10.4. The molecular weight excluding hydrogens is 262 g/mol. The topological polar surface area (TPSA) is 47.0 Å². The van der Waals surface area contributed by atoms with E-state index in [1.807, 2.05) is 36.4 Å². The van der Waals surface area contributed by atoms with Crippen molar-refractivity contribution in [3.05, 3.63) is 60.6 Å². The first-order valence-electron chi connectivity index (χ1n) is 7.03. The van der Waals surface area contributed by atoms with E-state index in [0.717, 1.165) is 41.1 Å². The van der Waals surface area contributed by atoms with Crippen LogP contribution < -0.4 is 10.1 Å². The molecule has 0 saturated heterocycles. The van der Waals surface area contributed by atoms with E-state index in [9.17, 15) is 0 Å². The van der Waals surface area contributed by atoms with Crippen molar-refractivity contribution >= 4 is 10.9 Å². The predicted molar refractivity (Wildman–Crippen MR) is 83.4 cm³/mol. The highest BCUT2D eigenvalue weighted by Crippen LogP contribution is 2.26. The smallest absolute Gasteiger partial charge is 0.150 e. The van der Waals surface area contributed by atoms with Gasteiger partial charge in [0.2, 0.25) is 0 Å². The van der Waals surface area contributed by atoms with Crippen molar-refractivity contribution in [3.8, 4) is 11.5 Å². The van der Waals surface area contributed by atoms with Gasteiger partial charge >= 0.3 is 0 Å². The minimum atomic E-state index is 0.764. The second kappa shape index (κ2) is 6.33. The molecule has 2 heterocycles. The Morgan fingerprint density at radius 1 is 1.14 bits per heavy atom. The van der Waals surface area contributed by atoms with Gasteiger partial charge in [-0.1, -0.05) is 13.0 Å². The zero-order valence-corrected chi connectivity index (χ0v) is 11.9. The summed E-state index contributed by atoms with van der Waals surface area (Å²) in [5, 5.41) is 4.40. The Kier molecular flexibility index (Phi) is 4.07. The summed E-state index contributed by atoms with van der Waals surface area (Å²) >= 11 is 0. The monoisotopic (exact) mass is 279 g/mol. The third kappa shape index (κ3) is 3.17. The number of fused-ring (bicyclic) bond motifs is 1. The van der Waals surface area contributed by atoms with Crippen molar-refractivity contribution in [3.63, 3.8) is 0 Å². The molecule has 0 aliphatic heterocycles. The van der Waals surface area contributed by atoms with E-state index in [0.29, 0.717) is 0 Å². The maximum atomic E-state index is 5.97. The van der Waals surface area contributed by atoms with E-state index >= 15 is 0 Å². The van der Waals surface area contributed by atoms with Gasteiger partial charge in [-0.3, -0.25) is 9.97 Å². The molecule has 0 aliphatic carbocycles. The van der Waals surface area contributed by atoms with Crippen molar-refractivity contribution in [2.45, 2.75) is 13.5 Å². The van der Waals surface area contributed by atoms with Crippen molar-refractivity contribution < 1.29 is 4.74 Å². The number of hydrogen-bond donors (Lipinski definition) is 1. The Labute approximate surface area is 123 Å². The first-order valence-corrected chi connectivity index (χ1v) is 7.03. The van der Waals surface area contributed by atoms with E-state index in [1.165, 1.54) is 0 Å². The van der Waals surface area contributed by atoms with Crippen molar-refractivity contribution in [1.29, 1.82) is 0 Å². The summed E-state index contributed by atoms with van der Waals surface area (Å²) in [5.74, 6) is 1.54. The molecule has 2 aromatic heterocycles. The molecule has 0 atom stereocenters. The highest BCUT2D eigenvalue weighted by atomic mass is 16.5. The van der Waals surface area contributed by atoms with Gasteiger partial charge in [0.1, 0.15) is 11.5 Å². The van der Waals surface area contributed by atoms with E-state index in [-0.39, 0.29) is 0 Å². The maximum Gasteiger partial charge on any atom is 0.150 e. The third-order valence-electron chi connectivity index (χ3n) is 3.24. The third-order valence-corrected chi connectivity index (χ3v) is 3.24. The minimum Gasteiger partial charge on any atom is -0.455 e. The van der Waals surface area contributed by atoms with Gasteiger partial charge in [-0.2, -0.15) is 0 Å². The van der Waals surface area contributed by atoms with Crippen molar-refractivity contribution in [2.75, 3.05) is 6.54 Å². The van der Waals surface area contributed by atoms with Gasteiger partial charge in [-0.05, 0) is 30.8 Å². The molecule has 0 amide bonds. The van der Waals surface area contributed by atoms with E-state index < -0.39 is 0 Å². The molecule has 21 heavy (non-hydrogen) atoms. The largest absolute Gasteiger partial charge is 0.455 e. The van der Waals surface area contributed by atoms with Gasteiger partial charge < -0.3 is 10.1 Å². The molecule has 0 saturated carbocycles. The Hall–Kier alpha value is -2.46.